The third kappa shape index (κ3) is 11.4. The lowest BCUT2D eigenvalue weighted by Crippen LogP contribution is -2.13. The molecule has 0 aliphatic heterocycles. The number of anilines is 9. The van der Waals surface area contributed by atoms with Crippen LogP contribution in [0.15, 0.2) is 0 Å². The number of unbranched alkanes of at least 4 members (excludes halogenated alkanes) is 6. The highest BCUT2D eigenvalue weighted by molar-refractivity contribution is 5.40. The molecule has 0 aliphatic carbocycles. The second-order valence-electron chi connectivity index (χ2n) is 8.63. The van der Waals surface area contributed by atoms with E-state index in [1.807, 2.05) is 0 Å². The van der Waals surface area contributed by atoms with Gasteiger partial charge in [-0.1, -0.05) is 25.7 Å². The molecule has 3 aromatic rings. The summed E-state index contributed by atoms with van der Waals surface area (Å²) in [6.45, 7) is 2.90. The molecule has 18 nitrogen and oxygen atoms in total. The van der Waals surface area contributed by atoms with Gasteiger partial charge in [-0.15, -0.1) is 0 Å². The lowest BCUT2D eigenvalue weighted by atomic mass is 10.2. The highest BCUT2D eigenvalue weighted by Crippen LogP contribution is 2.10. The summed E-state index contributed by atoms with van der Waals surface area (Å²) in [5.74, 6) is 2.28. The number of nitrogens with zero attached hydrogens (tertiary/aromatic N) is 9. The first kappa shape index (κ1) is 28.8. The topological polar surface area (TPSA) is 294 Å². The molecule has 14 N–H and O–H groups in total. The van der Waals surface area contributed by atoms with Crippen LogP contribution in [0, 0.1) is 0 Å². The van der Waals surface area contributed by atoms with Gasteiger partial charge >= 0.3 is 0 Å². The Kier molecular flexibility index (Phi) is 11.4. The van der Waals surface area contributed by atoms with Crippen LogP contribution in [0.5, 0.6) is 0 Å². The Morgan fingerprint density at radius 2 is 0.538 bits per heavy atom. The van der Waals surface area contributed by atoms with E-state index >= 15 is 0 Å². The Bertz CT molecular complexity index is 1030. The van der Waals surface area contributed by atoms with E-state index in [9.17, 15) is 0 Å². The van der Waals surface area contributed by atoms with Gasteiger partial charge in [0.15, 0.2) is 0 Å². The number of nitrogens with two attached hydrogens (primary N) is 5. The lowest BCUT2D eigenvalue weighted by molar-refractivity contribution is 0.666. The Morgan fingerprint density at radius 1 is 0.308 bits per heavy atom. The molecule has 0 aromatic carbocycles. The van der Waals surface area contributed by atoms with Crippen molar-refractivity contribution in [2.75, 3.05) is 76.1 Å². The largest absolute Gasteiger partial charge is 0.368 e. The first-order chi connectivity index (χ1) is 18.9. The molecular weight excluding hydrogens is 504 g/mol. The molecule has 18 heteroatoms. The van der Waals surface area contributed by atoms with Gasteiger partial charge in [0.25, 0.3) is 0 Å². The second kappa shape index (κ2) is 15.5. The zero-order valence-corrected chi connectivity index (χ0v) is 21.9. The van der Waals surface area contributed by atoms with Gasteiger partial charge in [0.2, 0.25) is 53.5 Å². The van der Waals surface area contributed by atoms with Crippen molar-refractivity contribution in [3.8, 4) is 0 Å². The molecule has 0 saturated heterocycles. The van der Waals surface area contributed by atoms with Crippen LogP contribution in [-0.2, 0) is 0 Å². The molecule has 0 unspecified atom stereocenters. The Hall–Kier alpha value is -4.77. The molecule has 0 atom stereocenters. The Morgan fingerprint density at radius 3 is 0.821 bits per heavy atom. The van der Waals surface area contributed by atoms with Crippen molar-refractivity contribution in [2.24, 2.45) is 0 Å². The van der Waals surface area contributed by atoms with Gasteiger partial charge in [-0.25, -0.2) is 0 Å². The molecule has 0 bridgehead atoms. The molecule has 0 spiro atoms. The highest BCUT2D eigenvalue weighted by Gasteiger charge is 2.05. The van der Waals surface area contributed by atoms with E-state index in [1.165, 1.54) is 0 Å². The molecule has 0 aliphatic rings. The summed E-state index contributed by atoms with van der Waals surface area (Å²) >= 11 is 0. The number of aromatic nitrogens is 9. The molecule has 3 rings (SSSR count). The van der Waals surface area contributed by atoms with Crippen LogP contribution >= 0.6 is 0 Å². The predicted molar refractivity (Wildman–Crippen MR) is 152 cm³/mol. The van der Waals surface area contributed by atoms with Gasteiger partial charge in [-0.05, 0) is 25.7 Å². The third-order valence-electron chi connectivity index (χ3n) is 5.33. The summed E-state index contributed by atoms with van der Waals surface area (Å²) in [4.78, 5) is 36.2. The molecule has 3 heterocycles. The third-order valence-corrected chi connectivity index (χ3v) is 5.33. The normalized spacial score (nSPS) is 10.8. The van der Waals surface area contributed by atoms with Crippen molar-refractivity contribution < 1.29 is 0 Å². The van der Waals surface area contributed by atoms with E-state index < -0.39 is 0 Å². The van der Waals surface area contributed by atoms with Crippen molar-refractivity contribution >= 4 is 53.5 Å². The van der Waals surface area contributed by atoms with E-state index in [1.54, 1.807) is 0 Å². The molecular formula is C21H38N18. The fourth-order valence-corrected chi connectivity index (χ4v) is 3.54. The number of hydrogen-bond acceptors (Lipinski definition) is 18. The second-order valence-corrected chi connectivity index (χ2v) is 8.63. The number of rotatable bonds is 18. The van der Waals surface area contributed by atoms with E-state index in [-0.39, 0.29) is 29.7 Å². The smallest absolute Gasteiger partial charge is 0.229 e. The Labute approximate surface area is 226 Å². The average molecular weight is 543 g/mol. The monoisotopic (exact) mass is 542 g/mol. The fourth-order valence-electron chi connectivity index (χ4n) is 3.54. The molecule has 0 saturated carbocycles. The lowest BCUT2D eigenvalue weighted by Gasteiger charge is -2.09. The van der Waals surface area contributed by atoms with Crippen LogP contribution in [0.4, 0.5) is 53.5 Å². The standard InChI is InChI=1S/C21H38N18/c22-13-31-14(23)34-18(33-13)27-9-5-1-3-7-11-29-20-37-17(26)38-21(39-20)30-12-8-4-2-6-10-28-19-35-15(24)32-16(25)36-19/h1-12H2,(H5,22,23,27,31,33,34)(H5,24,25,28,32,35,36)(H4,26,29,30,37,38,39). The summed E-state index contributed by atoms with van der Waals surface area (Å²) in [7, 11) is 0. The van der Waals surface area contributed by atoms with Gasteiger partial charge in [0.1, 0.15) is 0 Å². The number of nitrogen functional groups attached to an aromatic ring is 5. The minimum atomic E-state index is 0.102. The molecule has 3 aromatic heterocycles. The maximum absolute atomic E-state index is 5.85. The van der Waals surface area contributed by atoms with Crippen LogP contribution in [0.2, 0.25) is 0 Å². The summed E-state index contributed by atoms with van der Waals surface area (Å²) in [6.07, 6.45) is 7.98. The van der Waals surface area contributed by atoms with Crippen molar-refractivity contribution in [2.45, 2.75) is 51.4 Å². The maximum atomic E-state index is 5.85. The Balaban J connectivity index is 1.21. The van der Waals surface area contributed by atoms with Gasteiger partial charge < -0.3 is 49.9 Å². The van der Waals surface area contributed by atoms with Crippen molar-refractivity contribution in [1.29, 1.82) is 0 Å². The quantitative estimate of drug-likeness (QED) is 0.0977. The first-order valence-electron chi connectivity index (χ1n) is 12.9. The number of hydrogen-bond donors (Lipinski definition) is 9. The van der Waals surface area contributed by atoms with Gasteiger partial charge in [0, 0.05) is 26.2 Å². The first-order valence-corrected chi connectivity index (χ1v) is 12.9. The van der Waals surface area contributed by atoms with Crippen LogP contribution in [0.25, 0.3) is 0 Å². The van der Waals surface area contributed by atoms with Crippen molar-refractivity contribution in [3.05, 3.63) is 0 Å². The zero-order chi connectivity index (χ0) is 27.9. The summed E-state index contributed by atoms with van der Waals surface area (Å²) in [5.41, 5.74) is 28.1. The summed E-state index contributed by atoms with van der Waals surface area (Å²) < 4.78 is 0. The van der Waals surface area contributed by atoms with E-state index in [4.69, 9.17) is 28.7 Å². The molecule has 0 fully saturated rings. The average Bonchev–Trinajstić information content (AvgIpc) is 2.86. The minimum Gasteiger partial charge on any atom is -0.368 e. The van der Waals surface area contributed by atoms with E-state index in [2.05, 4.69) is 66.1 Å². The number of nitrogens with one attached hydrogen (secondary N) is 4. The highest BCUT2D eigenvalue weighted by atomic mass is 15.2. The van der Waals surface area contributed by atoms with E-state index in [0.717, 1.165) is 77.5 Å². The van der Waals surface area contributed by atoms with Crippen LogP contribution < -0.4 is 49.9 Å². The maximum Gasteiger partial charge on any atom is 0.229 e. The summed E-state index contributed by atoms with van der Waals surface area (Å²) in [5, 5.41) is 12.6. The summed E-state index contributed by atoms with van der Waals surface area (Å²) in [6, 6.07) is 0. The fraction of sp³-hybridized carbons (Fsp3) is 0.571. The minimum absolute atomic E-state index is 0.102. The molecule has 39 heavy (non-hydrogen) atoms. The van der Waals surface area contributed by atoms with Gasteiger partial charge in [-0.2, -0.15) is 44.9 Å². The molecule has 212 valence electrons. The SMILES string of the molecule is Nc1nc(N)nc(NCCCCCCNc2nc(N)nc(NCCCCCCNc3nc(N)nc(N)n3)n2)n1. The zero-order valence-electron chi connectivity index (χ0n) is 21.9. The van der Waals surface area contributed by atoms with Crippen LogP contribution in [-0.4, -0.2) is 71.0 Å². The predicted octanol–water partition coefficient (Wildman–Crippen LogP) is 0.321. The molecule has 0 amide bonds. The van der Waals surface area contributed by atoms with Crippen LogP contribution in [0.1, 0.15) is 51.4 Å². The van der Waals surface area contributed by atoms with Crippen LogP contribution in [0.3, 0.4) is 0 Å². The van der Waals surface area contributed by atoms with E-state index in [0.29, 0.717) is 23.8 Å². The van der Waals surface area contributed by atoms with Crippen molar-refractivity contribution in [1.82, 2.24) is 44.9 Å². The van der Waals surface area contributed by atoms with Gasteiger partial charge in [0.05, 0.1) is 0 Å². The molecule has 0 radical (unpaired) electrons. The van der Waals surface area contributed by atoms with Gasteiger partial charge in [-0.3, -0.25) is 0 Å². The van der Waals surface area contributed by atoms with Crippen molar-refractivity contribution in [3.63, 3.8) is 0 Å².